The molecule has 8 heterocycles. The Labute approximate surface area is 608 Å². The Hall–Kier alpha value is -12.8. The van der Waals surface area contributed by atoms with Gasteiger partial charge in [-0.3, -0.25) is 0 Å². The number of hydrogen-bond donors (Lipinski definition) is 0. The molecule has 20 rings (SSSR count). The largest absolute Gasteiger partial charge is 0.455 e. The zero-order valence-corrected chi connectivity index (χ0v) is 59.3. The molecule has 12 aromatic carbocycles. The molecule has 0 fully saturated rings. The van der Waals surface area contributed by atoms with Gasteiger partial charge in [0.1, 0.15) is 50.4 Å². The number of aromatic nitrogens is 8. The van der Waals surface area contributed by atoms with Gasteiger partial charge in [-0.25, -0.2) is 0 Å². The van der Waals surface area contributed by atoms with Crippen molar-refractivity contribution in [2.24, 2.45) is 28.2 Å². The Balaban J connectivity index is 0.000000107. The maximum atomic E-state index is 8.17. The Kier molecular flexibility index (Phi) is 14.3. The number of furan rings is 4. The van der Waals surface area contributed by atoms with Crippen LogP contribution in [0.15, 0.2) is 261 Å². The van der Waals surface area contributed by atoms with Gasteiger partial charge in [-0.2, -0.15) is 0 Å². The minimum atomic E-state index is -2.26. The average Bonchev–Trinajstić information content (AvgIpc) is 1.57. The summed E-state index contributed by atoms with van der Waals surface area (Å²) in [6, 6.07) is 75.6. The minimum absolute atomic E-state index is 0.0733. The van der Waals surface area contributed by atoms with Gasteiger partial charge in [0.25, 0.3) is 0 Å². The fraction of sp³-hybridized carbons (Fsp3) is 0.130. The lowest BCUT2D eigenvalue weighted by Crippen LogP contribution is -2.36. The fourth-order valence-electron chi connectivity index (χ4n) is 15.4. The molecular formula is C92H76N8O4+4. The van der Waals surface area contributed by atoms with Crippen LogP contribution in [0.5, 0.6) is 0 Å². The molecule has 12 nitrogen and oxygen atoms in total. The van der Waals surface area contributed by atoms with Crippen molar-refractivity contribution in [1.82, 2.24) is 20.4 Å². The van der Waals surface area contributed by atoms with Crippen LogP contribution in [-0.2, 0) is 28.2 Å². The first kappa shape index (κ1) is 57.9. The van der Waals surface area contributed by atoms with E-state index in [4.69, 9.17) is 25.9 Å². The van der Waals surface area contributed by atoms with Crippen molar-refractivity contribution in [3.8, 4) is 45.0 Å². The van der Waals surface area contributed by atoms with Crippen LogP contribution in [0, 0.1) is 55.2 Å². The summed E-state index contributed by atoms with van der Waals surface area (Å²) in [6.45, 7) is 7.96. The van der Waals surface area contributed by atoms with E-state index in [-0.39, 0.29) is 5.69 Å². The molecule has 0 amide bonds. The van der Waals surface area contributed by atoms with E-state index in [0.29, 0.717) is 22.1 Å². The summed E-state index contributed by atoms with van der Waals surface area (Å²) in [6.07, 6.45) is 5.40. The van der Waals surface area contributed by atoms with Crippen molar-refractivity contribution < 1.29 is 44.6 Å². The van der Waals surface area contributed by atoms with Gasteiger partial charge in [0.05, 0.1) is 40.8 Å². The van der Waals surface area contributed by atoms with Crippen molar-refractivity contribution in [3.63, 3.8) is 0 Å². The van der Waals surface area contributed by atoms with E-state index < -0.39 is 13.7 Å². The zero-order chi connectivity index (χ0) is 76.3. The topological polar surface area (TPSA) is 120 Å². The van der Waals surface area contributed by atoms with E-state index in [0.717, 1.165) is 133 Å². The van der Waals surface area contributed by atoms with E-state index in [1.54, 1.807) is 40.9 Å². The number of benzene rings is 12. The van der Waals surface area contributed by atoms with E-state index in [2.05, 4.69) is 182 Å². The maximum absolute atomic E-state index is 8.17. The number of rotatable bonds is 4. The molecule has 0 radical (unpaired) electrons. The highest BCUT2D eigenvalue weighted by Gasteiger charge is 2.28. The Morgan fingerprint density at radius 3 is 1.23 bits per heavy atom. The lowest BCUT2D eigenvalue weighted by Gasteiger charge is -2.07. The van der Waals surface area contributed by atoms with Crippen molar-refractivity contribution >= 4 is 131 Å². The van der Waals surface area contributed by atoms with Gasteiger partial charge in [-0.1, -0.05) is 170 Å². The van der Waals surface area contributed by atoms with Gasteiger partial charge in [-0.15, -0.1) is 0 Å². The van der Waals surface area contributed by atoms with Crippen molar-refractivity contribution in [2.45, 2.75) is 55.2 Å². The van der Waals surface area contributed by atoms with Gasteiger partial charge in [0.15, 0.2) is 28.2 Å². The number of nitrogens with zero attached hydrogens (tertiary/aromatic N) is 8. The normalized spacial score (nSPS) is 12.8. The third kappa shape index (κ3) is 10.8. The Morgan fingerprint density at radius 1 is 0.298 bits per heavy atom. The number of hydrogen-bond acceptors (Lipinski definition) is 8. The van der Waals surface area contributed by atoms with Gasteiger partial charge in [0, 0.05) is 75.6 Å². The molecule has 20 aromatic rings. The molecule has 0 N–H and O–H groups in total. The van der Waals surface area contributed by atoms with Crippen LogP contribution in [0.4, 0.5) is 0 Å². The second-order valence-corrected chi connectivity index (χ2v) is 27.0. The van der Waals surface area contributed by atoms with Crippen LogP contribution < -0.4 is 18.7 Å². The van der Waals surface area contributed by atoms with Crippen molar-refractivity contribution in [3.05, 3.63) is 288 Å². The summed E-state index contributed by atoms with van der Waals surface area (Å²) in [5.41, 5.74) is 21.5. The molecule has 0 spiro atoms. The number of fused-ring (bicyclic) bond motifs is 20. The molecule has 0 saturated carbocycles. The molecular weight excluding hydrogens is 1280 g/mol. The first-order valence-corrected chi connectivity index (χ1v) is 34.7. The van der Waals surface area contributed by atoms with E-state index in [9.17, 15) is 0 Å². The Morgan fingerprint density at radius 2 is 0.731 bits per heavy atom. The highest BCUT2D eigenvalue weighted by atomic mass is 16.3. The summed E-state index contributed by atoms with van der Waals surface area (Å²) >= 11 is 0. The molecule has 504 valence electrons. The molecule has 12 heteroatoms. The SMILES string of the molecule is Cc1cc2c(oc3ccc4ccccc4c32)c(-c2cccn[n+]2C)c1C.Cc1cn[n+](C)c(-c2c(C)ccc3c2oc2ccc4ccccc4c23)c1.[2H]C([2H])([2H])c1cc(C)c(-c2cccn[n+]2C)c2oc3ccc4ccccc4c3c12.[2H]C([2H])([2H])c1ccc(-c2c(C)ccc3c2oc2ccc4ccccc4c23)[n+](C)n1. The predicted octanol–water partition coefficient (Wildman–Crippen LogP) is 21.0. The number of aryl methyl sites for hydroxylation is 11. The van der Waals surface area contributed by atoms with Crippen molar-refractivity contribution in [2.75, 3.05) is 0 Å². The molecule has 0 atom stereocenters. The zero-order valence-electron chi connectivity index (χ0n) is 65.3. The van der Waals surface area contributed by atoms with Crippen LogP contribution in [0.3, 0.4) is 0 Å². The third-order valence-electron chi connectivity index (χ3n) is 20.5. The highest BCUT2D eigenvalue weighted by molar-refractivity contribution is 6.25. The lowest BCUT2D eigenvalue weighted by atomic mass is 9.95. The van der Waals surface area contributed by atoms with E-state index in [1.165, 1.54) is 59.8 Å². The molecule has 0 saturated heterocycles. The summed E-state index contributed by atoms with van der Waals surface area (Å²) in [5.74, 6) is 0. The first-order chi connectivity index (χ1) is 53.0. The molecule has 104 heavy (non-hydrogen) atoms. The van der Waals surface area contributed by atoms with Crippen LogP contribution in [-0.4, -0.2) is 20.4 Å². The smallest absolute Gasteiger partial charge is 0.243 e. The van der Waals surface area contributed by atoms with Crippen LogP contribution >= 0.6 is 0 Å². The first-order valence-electron chi connectivity index (χ1n) is 37.7. The van der Waals surface area contributed by atoms with Gasteiger partial charge >= 0.3 is 0 Å². The second kappa shape index (κ2) is 25.7. The predicted molar refractivity (Wildman–Crippen MR) is 420 cm³/mol. The molecule has 0 aliphatic heterocycles. The fourth-order valence-corrected chi connectivity index (χ4v) is 15.4. The van der Waals surface area contributed by atoms with E-state index >= 15 is 0 Å². The summed E-state index contributed by atoms with van der Waals surface area (Å²) in [7, 11) is 7.59. The van der Waals surface area contributed by atoms with E-state index in [1.807, 2.05) is 129 Å². The quantitative estimate of drug-likeness (QED) is 0.160. The Bertz CT molecular complexity index is 7170. The maximum Gasteiger partial charge on any atom is 0.243 e. The van der Waals surface area contributed by atoms with Gasteiger partial charge < -0.3 is 17.7 Å². The minimum Gasteiger partial charge on any atom is -0.455 e. The van der Waals surface area contributed by atoms with Gasteiger partial charge in [-0.05, 0) is 206 Å². The van der Waals surface area contributed by atoms with Crippen LogP contribution in [0.25, 0.3) is 176 Å². The lowest BCUT2D eigenvalue weighted by molar-refractivity contribution is -0.720. The molecule has 0 unspecified atom stereocenters. The highest BCUT2D eigenvalue weighted by Crippen LogP contribution is 2.46. The molecule has 8 aromatic heterocycles. The molecule has 0 aliphatic carbocycles. The standard InChI is InChI=1S/4C23H19N2O/c1-14-13-18-22-17-8-5-4-7-16(17)10-11-20(22)26-23(18)21(15(14)2)19-9-6-12-24-25(19)3;1-14-13-15(2)21-22-17-8-5-4-7-16(17)10-11-19(22)26-23(21)20(14)18-9-6-12-24-25(18)3;1-14-8-11-18-22-17-7-5-4-6-16(17)10-13-20(22)26-23(18)21(14)19-12-9-15(2)24-25(19)3;1-14-12-19(25(3)24-13-14)21-15(2)8-10-18-22-17-7-5-4-6-16(17)9-11-20(22)26-23(18)21/h4*4-13H,1-3H3/q4*+1/i;2*2D3;. The second-order valence-electron chi connectivity index (χ2n) is 27.0. The molecule has 0 aliphatic rings. The molecule has 0 bridgehead atoms. The van der Waals surface area contributed by atoms with Gasteiger partial charge in [0.2, 0.25) is 22.8 Å². The summed E-state index contributed by atoms with van der Waals surface area (Å²) < 4.78 is 80.0. The van der Waals surface area contributed by atoms with Crippen LogP contribution in [0.1, 0.15) is 52.9 Å². The summed E-state index contributed by atoms with van der Waals surface area (Å²) in [4.78, 5) is 0. The van der Waals surface area contributed by atoms with Crippen LogP contribution in [0.2, 0.25) is 0 Å². The average molecular weight is 1360 g/mol. The summed E-state index contributed by atoms with van der Waals surface area (Å²) in [5, 5.41) is 35.1. The monoisotopic (exact) mass is 1360 g/mol. The van der Waals surface area contributed by atoms with Crippen molar-refractivity contribution in [1.29, 1.82) is 0 Å². The third-order valence-corrected chi connectivity index (χ3v) is 20.5.